The van der Waals surface area contributed by atoms with Crippen LogP contribution in [-0.2, 0) is 0 Å². The highest BCUT2D eigenvalue weighted by Gasteiger charge is 2.30. The number of halogens is 1. The zero-order valence-electron chi connectivity index (χ0n) is 14.9. The number of amides is 1. The van der Waals surface area contributed by atoms with Crippen molar-refractivity contribution in [3.8, 4) is 0 Å². The molecule has 1 aliphatic heterocycles. The van der Waals surface area contributed by atoms with E-state index < -0.39 is 11.4 Å². The largest absolute Gasteiger partial charge is 0.336 e. The third-order valence-corrected chi connectivity index (χ3v) is 4.99. The van der Waals surface area contributed by atoms with Gasteiger partial charge in [-0.15, -0.1) is 0 Å². The first-order chi connectivity index (χ1) is 11.9. The summed E-state index contributed by atoms with van der Waals surface area (Å²) in [5, 5.41) is 0.574. The molecular formula is C19H24FN3O2. The Kier molecular flexibility index (Phi) is 4.90. The van der Waals surface area contributed by atoms with Gasteiger partial charge in [0.2, 0.25) is 5.56 Å². The van der Waals surface area contributed by atoms with Gasteiger partial charge in [0.1, 0.15) is 5.82 Å². The lowest BCUT2D eigenvalue weighted by atomic mass is 10.0. The van der Waals surface area contributed by atoms with Gasteiger partial charge in [0.25, 0.3) is 5.91 Å². The minimum absolute atomic E-state index is 0.162. The van der Waals surface area contributed by atoms with E-state index in [0.717, 1.165) is 13.0 Å². The van der Waals surface area contributed by atoms with E-state index in [1.165, 1.54) is 18.2 Å². The van der Waals surface area contributed by atoms with E-state index in [9.17, 15) is 14.0 Å². The SMILES string of the molecule is CCC1CN(C(=O)c2cc(=O)[nH]c3cc(F)ccc23)CCN1C(C)C. The monoisotopic (exact) mass is 345 g/mol. The van der Waals surface area contributed by atoms with Crippen LogP contribution in [0.4, 0.5) is 4.39 Å². The Morgan fingerprint density at radius 2 is 2.08 bits per heavy atom. The van der Waals surface area contributed by atoms with Crippen LogP contribution in [0.3, 0.4) is 0 Å². The molecule has 1 aromatic heterocycles. The highest BCUT2D eigenvalue weighted by molar-refractivity contribution is 6.06. The van der Waals surface area contributed by atoms with Crippen LogP contribution in [0.15, 0.2) is 29.1 Å². The van der Waals surface area contributed by atoms with Crippen molar-refractivity contribution in [1.82, 2.24) is 14.8 Å². The molecule has 1 unspecified atom stereocenters. The van der Waals surface area contributed by atoms with Crippen LogP contribution in [0, 0.1) is 5.82 Å². The third-order valence-electron chi connectivity index (χ3n) is 4.99. The van der Waals surface area contributed by atoms with Gasteiger partial charge in [-0.25, -0.2) is 4.39 Å². The Morgan fingerprint density at radius 3 is 2.76 bits per heavy atom. The number of carbonyl (C=O) groups is 1. The highest BCUT2D eigenvalue weighted by Crippen LogP contribution is 2.21. The van der Waals surface area contributed by atoms with Crippen molar-refractivity contribution in [3.05, 3.63) is 46.0 Å². The standard InChI is InChI=1S/C19H24FN3O2/c1-4-14-11-22(7-8-23(14)12(2)3)19(25)16-10-18(24)21-17-9-13(20)5-6-15(16)17/h5-6,9-10,12,14H,4,7-8,11H2,1-3H3,(H,21,24). The predicted octanol–water partition coefficient (Wildman–Crippen LogP) is 2.61. The number of nitrogens with one attached hydrogen (secondary N) is 1. The number of nitrogens with zero attached hydrogens (tertiary/aromatic N) is 2. The van der Waals surface area contributed by atoms with Crippen molar-refractivity contribution in [2.45, 2.75) is 39.3 Å². The zero-order chi connectivity index (χ0) is 18.1. The Morgan fingerprint density at radius 1 is 1.32 bits per heavy atom. The lowest BCUT2D eigenvalue weighted by molar-refractivity contribution is 0.0373. The summed E-state index contributed by atoms with van der Waals surface area (Å²) in [5.74, 6) is -0.603. The van der Waals surface area contributed by atoms with Gasteiger partial charge in [0.05, 0.1) is 11.1 Å². The molecule has 1 fully saturated rings. The Balaban J connectivity index is 1.94. The summed E-state index contributed by atoms with van der Waals surface area (Å²) in [5.41, 5.74) is 0.296. The normalized spacial score (nSPS) is 18.9. The molecule has 134 valence electrons. The summed E-state index contributed by atoms with van der Waals surface area (Å²) in [6.07, 6.45) is 0.962. The molecule has 6 heteroatoms. The average Bonchev–Trinajstić information content (AvgIpc) is 2.59. The molecule has 0 radical (unpaired) electrons. The molecule has 3 rings (SSSR count). The molecule has 5 nitrogen and oxygen atoms in total. The van der Waals surface area contributed by atoms with Crippen LogP contribution < -0.4 is 5.56 Å². The van der Waals surface area contributed by atoms with Gasteiger partial charge >= 0.3 is 0 Å². The van der Waals surface area contributed by atoms with E-state index in [1.54, 1.807) is 6.07 Å². The molecule has 0 spiro atoms. The Labute approximate surface area is 146 Å². The molecule has 1 saturated heterocycles. The van der Waals surface area contributed by atoms with Crippen molar-refractivity contribution in [3.63, 3.8) is 0 Å². The highest BCUT2D eigenvalue weighted by atomic mass is 19.1. The van der Waals surface area contributed by atoms with Crippen molar-refractivity contribution in [2.24, 2.45) is 0 Å². The Bertz CT molecular complexity index is 846. The number of aromatic nitrogens is 1. The number of pyridine rings is 1. The van der Waals surface area contributed by atoms with Crippen molar-refractivity contribution in [1.29, 1.82) is 0 Å². The quantitative estimate of drug-likeness (QED) is 0.930. The summed E-state index contributed by atoms with van der Waals surface area (Å²) in [4.78, 5) is 31.8. The summed E-state index contributed by atoms with van der Waals surface area (Å²) < 4.78 is 13.4. The Hall–Kier alpha value is -2.21. The van der Waals surface area contributed by atoms with Crippen LogP contribution in [0.5, 0.6) is 0 Å². The van der Waals surface area contributed by atoms with Crippen molar-refractivity contribution in [2.75, 3.05) is 19.6 Å². The summed E-state index contributed by atoms with van der Waals surface area (Å²) >= 11 is 0. The second-order valence-electron chi connectivity index (χ2n) is 6.88. The average molecular weight is 345 g/mol. The molecule has 1 amide bonds. The van der Waals surface area contributed by atoms with Crippen LogP contribution >= 0.6 is 0 Å². The van der Waals surface area contributed by atoms with E-state index in [4.69, 9.17) is 0 Å². The number of carbonyl (C=O) groups excluding carboxylic acids is 1. The van der Waals surface area contributed by atoms with E-state index in [2.05, 4.69) is 30.7 Å². The third kappa shape index (κ3) is 3.44. The van der Waals surface area contributed by atoms with Crippen LogP contribution in [0.1, 0.15) is 37.6 Å². The van der Waals surface area contributed by atoms with E-state index in [-0.39, 0.29) is 5.91 Å². The number of piperazine rings is 1. The second-order valence-corrected chi connectivity index (χ2v) is 6.88. The van der Waals surface area contributed by atoms with Crippen LogP contribution in [-0.4, -0.2) is 52.4 Å². The minimum Gasteiger partial charge on any atom is -0.336 e. The molecule has 0 saturated carbocycles. The van der Waals surface area contributed by atoms with Gasteiger partial charge in [0.15, 0.2) is 0 Å². The summed E-state index contributed by atoms with van der Waals surface area (Å²) in [7, 11) is 0. The predicted molar refractivity (Wildman–Crippen MR) is 96.4 cm³/mol. The first kappa shape index (κ1) is 17.6. The first-order valence-electron chi connectivity index (χ1n) is 8.78. The topological polar surface area (TPSA) is 56.4 Å². The maximum absolute atomic E-state index is 13.4. The fourth-order valence-corrected chi connectivity index (χ4v) is 3.68. The number of hydrogen-bond acceptors (Lipinski definition) is 3. The number of aromatic amines is 1. The molecule has 1 aliphatic rings. The number of fused-ring (bicyclic) bond motifs is 1. The van der Waals surface area contributed by atoms with Crippen LogP contribution in [0.25, 0.3) is 10.9 Å². The maximum atomic E-state index is 13.4. The lowest BCUT2D eigenvalue weighted by Gasteiger charge is -2.43. The molecule has 1 aromatic carbocycles. The second kappa shape index (κ2) is 6.96. The number of rotatable bonds is 3. The minimum atomic E-state index is -0.440. The molecule has 1 N–H and O–H groups in total. The maximum Gasteiger partial charge on any atom is 0.254 e. The molecular weight excluding hydrogens is 321 g/mol. The molecule has 0 aliphatic carbocycles. The molecule has 2 heterocycles. The van der Waals surface area contributed by atoms with Crippen LogP contribution in [0.2, 0.25) is 0 Å². The fourth-order valence-electron chi connectivity index (χ4n) is 3.68. The van der Waals surface area contributed by atoms with Gasteiger partial charge in [0, 0.05) is 43.2 Å². The molecule has 1 atom stereocenters. The van der Waals surface area contributed by atoms with Gasteiger partial charge in [-0.05, 0) is 38.5 Å². The number of benzene rings is 1. The number of hydrogen-bond donors (Lipinski definition) is 1. The van der Waals surface area contributed by atoms with E-state index >= 15 is 0 Å². The molecule has 25 heavy (non-hydrogen) atoms. The van der Waals surface area contributed by atoms with E-state index in [0.29, 0.717) is 41.6 Å². The van der Waals surface area contributed by atoms with Gasteiger partial charge in [-0.2, -0.15) is 0 Å². The zero-order valence-corrected chi connectivity index (χ0v) is 14.9. The summed E-state index contributed by atoms with van der Waals surface area (Å²) in [6, 6.07) is 6.17. The number of H-pyrrole nitrogens is 1. The lowest BCUT2D eigenvalue weighted by Crippen LogP contribution is -2.56. The van der Waals surface area contributed by atoms with Gasteiger partial charge < -0.3 is 9.88 Å². The molecule has 2 aromatic rings. The fraction of sp³-hybridized carbons (Fsp3) is 0.474. The van der Waals surface area contributed by atoms with E-state index in [1.807, 2.05) is 4.90 Å². The van der Waals surface area contributed by atoms with Crippen molar-refractivity contribution >= 4 is 16.8 Å². The molecule has 0 bridgehead atoms. The smallest absolute Gasteiger partial charge is 0.254 e. The van der Waals surface area contributed by atoms with Gasteiger partial charge in [-0.1, -0.05) is 6.92 Å². The van der Waals surface area contributed by atoms with Crippen molar-refractivity contribution < 1.29 is 9.18 Å². The summed E-state index contributed by atoms with van der Waals surface area (Å²) in [6.45, 7) is 8.54. The van der Waals surface area contributed by atoms with Gasteiger partial charge in [-0.3, -0.25) is 14.5 Å². The first-order valence-corrected chi connectivity index (χ1v) is 8.78.